The molecule has 1 N–H and O–H groups in total. The van der Waals surface area contributed by atoms with E-state index in [1.807, 2.05) is 6.08 Å². The van der Waals surface area contributed by atoms with Gasteiger partial charge in [0.15, 0.2) is 0 Å². The van der Waals surface area contributed by atoms with Gasteiger partial charge in [0.2, 0.25) is 5.91 Å². The number of anilines is 1. The van der Waals surface area contributed by atoms with Crippen molar-refractivity contribution in [2.75, 3.05) is 11.1 Å². The van der Waals surface area contributed by atoms with E-state index in [1.165, 1.54) is 64.7 Å². The summed E-state index contributed by atoms with van der Waals surface area (Å²) in [4.78, 5) is 24.7. The van der Waals surface area contributed by atoms with E-state index in [0.717, 1.165) is 9.39 Å². The molecule has 1 atom stereocenters. The van der Waals surface area contributed by atoms with Crippen molar-refractivity contribution in [3.63, 3.8) is 0 Å². The minimum Gasteiger partial charge on any atom is -0.545 e. The van der Waals surface area contributed by atoms with Gasteiger partial charge < -0.3 is 15.2 Å². The number of hydrogen-bond donors (Lipinski definition) is 1. The number of nitrogens with one attached hydrogen (secondary N) is 1. The first-order chi connectivity index (χ1) is 16.4. The van der Waals surface area contributed by atoms with E-state index in [4.69, 9.17) is 11.6 Å². The third kappa shape index (κ3) is 5.99. The Hall–Kier alpha value is -0.904. The molecule has 0 heterocycles. The van der Waals surface area contributed by atoms with Gasteiger partial charge in [0, 0.05) is 10.4 Å². The van der Waals surface area contributed by atoms with Crippen molar-refractivity contribution in [1.82, 2.24) is 0 Å². The summed E-state index contributed by atoms with van der Waals surface area (Å²) in [6, 6.07) is 17.2. The first-order valence-electron chi connectivity index (χ1n) is 10.9. The van der Waals surface area contributed by atoms with Crippen LogP contribution >= 0.6 is 39.3 Å². The molecule has 2 aliphatic rings. The van der Waals surface area contributed by atoms with Gasteiger partial charge in [-0.25, -0.2) is 0 Å². The average molecular weight is 593 g/mol. The Labute approximate surface area is 264 Å². The van der Waals surface area contributed by atoms with Crippen LogP contribution < -0.4 is 61.8 Å². The van der Waals surface area contributed by atoms with Gasteiger partial charge in [0.1, 0.15) is 0 Å². The number of carboxylic acids is 1. The fourth-order valence-corrected chi connectivity index (χ4v) is 6.31. The number of rotatable bonds is 7. The summed E-state index contributed by atoms with van der Waals surface area (Å²) >= 11 is 11.3. The van der Waals surface area contributed by atoms with Gasteiger partial charge in [-0.3, -0.25) is 4.79 Å². The molecule has 3 aromatic rings. The molecule has 5 rings (SSSR count). The summed E-state index contributed by atoms with van der Waals surface area (Å²) in [6.07, 6.45) is 6.61. The normalized spacial score (nSPS) is 16.9. The third-order valence-electron chi connectivity index (χ3n) is 6.14. The Morgan fingerprint density at radius 1 is 1.03 bits per heavy atom. The number of carbonyl (C=O) groups excluding carboxylic acids is 2. The number of allylic oxidation sites excluding steroid dienone is 4. The van der Waals surface area contributed by atoms with Crippen LogP contribution in [-0.4, -0.2) is 17.6 Å². The average Bonchev–Trinajstić information content (AvgIpc) is 3.61. The van der Waals surface area contributed by atoms with Crippen LogP contribution in [0.25, 0.3) is 10.8 Å². The molecule has 1 saturated carbocycles. The smallest absolute Gasteiger partial charge is 0.545 e. The topological polar surface area (TPSA) is 69.2 Å². The maximum atomic E-state index is 12.6. The third-order valence-corrected chi connectivity index (χ3v) is 8.28. The molecule has 1 amide bonds. The van der Waals surface area contributed by atoms with Crippen LogP contribution in [0.4, 0.5) is 5.69 Å². The summed E-state index contributed by atoms with van der Waals surface area (Å²) in [5, 5.41) is 16.5. The van der Waals surface area contributed by atoms with Crippen LogP contribution in [0, 0.1) is 0 Å². The molecule has 0 bridgehead atoms. The Morgan fingerprint density at radius 3 is 2.37 bits per heavy atom. The number of amides is 1. The van der Waals surface area contributed by atoms with E-state index in [0.29, 0.717) is 11.6 Å². The second-order valence-corrected chi connectivity index (χ2v) is 10.8. The number of fused-ring (bicyclic) bond motifs is 1. The van der Waals surface area contributed by atoms with Crippen LogP contribution in [0.15, 0.2) is 76.1 Å². The van der Waals surface area contributed by atoms with Crippen molar-refractivity contribution < 1.29 is 66.1 Å². The number of carbonyl (C=O) groups is 2. The van der Waals surface area contributed by atoms with E-state index < -0.39 is 5.97 Å². The van der Waals surface area contributed by atoms with Crippen molar-refractivity contribution >= 4 is 67.6 Å². The van der Waals surface area contributed by atoms with E-state index in [1.54, 1.807) is 0 Å². The minimum atomic E-state index is -1.31. The van der Waals surface area contributed by atoms with Gasteiger partial charge in [-0.15, -0.1) is 11.8 Å². The zero-order valence-corrected chi connectivity index (χ0v) is 25.3. The Bertz CT molecular complexity index is 1390. The molecule has 0 radical (unpaired) electrons. The number of carboxylic acid groups (broad SMARTS) is 1. The monoisotopic (exact) mass is 591 g/mol. The molecule has 35 heavy (non-hydrogen) atoms. The summed E-state index contributed by atoms with van der Waals surface area (Å²) in [5.41, 5.74) is 2.99. The summed E-state index contributed by atoms with van der Waals surface area (Å²) in [7, 11) is 0. The molecular formula is C27H20BrClKNO3S. The van der Waals surface area contributed by atoms with E-state index in [2.05, 4.69) is 63.7 Å². The molecule has 4 nitrogen and oxygen atoms in total. The Balaban J connectivity index is 0.00000289. The van der Waals surface area contributed by atoms with Crippen LogP contribution in [0.1, 0.15) is 46.2 Å². The molecule has 0 aliphatic heterocycles. The molecule has 2 aliphatic carbocycles. The van der Waals surface area contributed by atoms with Crippen LogP contribution in [0.3, 0.4) is 0 Å². The van der Waals surface area contributed by atoms with E-state index in [9.17, 15) is 14.7 Å². The zero-order chi connectivity index (χ0) is 23.8. The molecule has 0 saturated heterocycles. The summed E-state index contributed by atoms with van der Waals surface area (Å²) < 4.78 is 1.07. The SMILES string of the molecule is O=C(CSC1=CC=C(Br)C1c1ccc(C2CC2)c2ccccc12)Nc1ccc(C(=O)[O-])cc1Cl.[K+]. The second-order valence-electron chi connectivity index (χ2n) is 8.44. The van der Waals surface area contributed by atoms with Crippen LogP contribution in [-0.2, 0) is 4.79 Å². The van der Waals surface area contributed by atoms with Crippen molar-refractivity contribution in [3.8, 4) is 0 Å². The number of aromatic carboxylic acids is 1. The summed E-state index contributed by atoms with van der Waals surface area (Å²) in [5.74, 6) is -0.619. The van der Waals surface area contributed by atoms with Gasteiger partial charge in [-0.05, 0) is 63.3 Å². The number of benzene rings is 3. The Kier molecular flexibility index (Phi) is 9.03. The predicted octanol–water partition coefficient (Wildman–Crippen LogP) is 3.37. The van der Waals surface area contributed by atoms with Crippen molar-refractivity contribution in [2.24, 2.45) is 0 Å². The van der Waals surface area contributed by atoms with Crippen molar-refractivity contribution in [2.45, 2.75) is 24.7 Å². The molecule has 3 aromatic carbocycles. The molecular weight excluding hydrogens is 573 g/mol. The summed E-state index contributed by atoms with van der Waals surface area (Å²) in [6.45, 7) is 0. The molecule has 8 heteroatoms. The zero-order valence-electron chi connectivity index (χ0n) is 19.0. The number of halogens is 2. The van der Waals surface area contributed by atoms with Crippen molar-refractivity contribution in [3.05, 3.63) is 97.8 Å². The second kappa shape index (κ2) is 11.7. The van der Waals surface area contributed by atoms with E-state index >= 15 is 0 Å². The van der Waals surface area contributed by atoms with Crippen LogP contribution in [0.5, 0.6) is 0 Å². The first-order valence-corrected chi connectivity index (χ1v) is 13.1. The Morgan fingerprint density at radius 2 is 1.71 bits per heavy atom. The molecule has 172 valence electrons. The maximum absolute atomic E-state index is 12.6. The molecule has 1 unspecified atom stereocenters. The van der Waals surface area contributed by atoms with Gasteiger partial charge in [0.05, 0.1) is 22.4 Å². The van der Waals surface area contributed by atoms with Crippen molar-refractivity contribution in [1.29, 1.82) is 0 Å². The molecule has 0 spiro atoms. The van der Waals surface area contributed by atoms with Gasteiger partial charge >= 0.3 is 51.4 Å². The van der Waals surface area contributed by atoms with Gasteiger partial charge in [-0.2, -0.15) is 0 Å². The fraction of sp³-hybridized carbons (Fsp3) is 0.185. The number of thioether (sulfide) groups is 1. The van der Waals surface area contributed by atoms with Crippen LogP contribution in [0.2, 0.25) is 5.02 Å². The first kappa shape index (κ1) is 27.1. The minimum absolute atomic E-state index is 0. The largest absolute Gasteiger partial charge is 1.00 e. The maximum Gasteiger partial charge on any atom is 1.00 e. The number of hydrogen-bond acceptors (Lipinski definition) is 4. The quantitative estimate of drug-likeness (QED) is 0.427. The molecule has 0 aromatic heterocycles. The fourth-order valence-electron chi connectivity index (χ4n) is 4.35. The van der Waals surface area contributed by atoms with Gasteiger partial charge in [-0.1, -0.05) is 82.1 Å². The molecule has 1 fully saturated rings. The standard InChI is InChI=1S/C27H21BrClNO3S.K/c28-21-10-12-24(34-14-25(31)30-23-11-7-16(27(32)33)13-22(23)29)26(21)20-9-8-17(15-5-6-15)18-3-1-2-4-19(18)20;/h1-4,7-13,15,26H,5-6,14H2,(H,30,31)(H,32,33);/q;+1/p-1. The predicted molar refractivity (Wildman–Crippen MR) is 141 cm³/mol. The van der Waals surface area contributed by atoms with Gasteiger partial charge in [0.25, 0.3) is 0 Å². The van der Waals surface area contributed by atoms with E-state index in [-0.39, 0.29) is 79.5 Å².